The van der Waals surface area contributed by atoms with Gasteiger partial charge in [0.2, 0.25) is 0 Å². The minimum Gasteiger partial charge on any atom is -0.376 e. The second-order valence-corrected chi connectivity index (χ2v) is 5.31. The molecule has 1 aliphatic rings. The molecule has 0 aromatic heterocycles. The molecule has 0 aliphatic carbocycles. The van der Waals surface area contributed by atoms with Crippen molar-refractivity contribution in [1.29, 1.82) is 0 Å². The fraction of sp³-hybridized carbons (Fsp3) is 0.750. The molecule has 0 saturated heterocycles. The maximum atomic E-state index is 2.29. The summed E-state index contributed by atoms with van der Waals surface area (Å²) in [4.78, 5) is 2.26. The van der Waals surface area contributed by atoms with Gasteiger partial charge in [0.1, 0.15) is 0 Å². The molecule has 0 bridgehead atoms. The highest BCUT2D eigenvalue weighted by Crippen LogP contribution is 2.15. The third kappa shape index (κ3) is 7.25. The van der Waals surface area contributed by atoms with Crippen molar-refractivity contribution in [2.24, 2.45) is 0 Å². The first-order valence-corrected chi connectivity index (χ1v) is 7.39. The van der Waals surface area contributed by atoms with Crippen LogP contribution in [0.15, 0.2) is 23.9 Å². The van der Waals surface area contributed by atoms with E-state index in [-0.39, 0.29) is 0 Å². The number of allylic oxidation sites excluding steroid dienone is 2. The average Bonchev–Trinajstić information content (AvgIpc) is 2.33. The third-order valence-corrected chi connectivity index (χ3v) is 3.48. The van der Waals surface area contributed by atoms with E-state index in [0.29, 0.717) is 0 Å². The Morgan fingerprint density at radius 1 is 1.00 bits per heavy atom. The monoisotopic (exact) mass is 235 g/mol. The molecule has 0 amide bonds. The second-order valence-electron chi connectivity index (χ2n) is 5.31. The minimum absolute atomic E-state index is 1.13. The van der Waals surface area contributed by atoms with Crippen LogP contribution in [0.2, 0.25) is 0 Å². The van der Waals surface area contributed by atoms with Gasteiger partial charge in [0, 0.05) is 13.6 Å². The van der Waals surface area contributed by atoms with Gasteiger partial charge in [0.25, 0.3) is 0 Å². The third-order valence-electron chi connectivity index (χ3n) is 3.48. The van der Waals surface area contributed by atoms with E-state index in [9.17, 15) is 0 Å². The summed E-state index contributed by atoms with van der Waals surface area (Å²) in [7, 11) is 2.15. The van der Waals surface area contributed by atoms with Gasteiger partial charge < -0.3 is 4.90 Å². The van der Waals surface area contributed by atoms with Gasteiger partial charge in [-0.05, 0) is 25.1 Å². The first-order chi connectivity index (χ1) is 8.33. The lowest BCUT2D eigenvalue weighted by atomic mass is 10.0. The highest BCUT2D eigenvalue weighted by molar-refractivity contribution is 5.18. The fourth-order valence-corrected chi connectivity index (χ4v) is 2.40. The number of unbranched alkanes of at least 4 members (excludes halogenated alkanes) is 7. The molecule has 0 N–H and O–H groups in total. The molecule has 0 spiro atoms. The van der Waals surface area contributed by atoms with Crippen molar-refractivity contribution in [1.82, 2.24) is 4.90 Å². The molecule has 0 atom stereocenters. The van der Waals surface area contributed by atoms with Crippen LogP contribution >= 0.6 is 0 Å². The SMILES string of the molecule is CCCCCCCCCCC1=CC=CN(C)C1. The van der Waals surface area contributed by atoms with Gasteiger partial charge in [-0.2, -0.15) is 0 Å². The summed E-state index contributed by atoms with van der Waals surface area (Å²) in [6.07, 6.45) is 19.2. The Morgan fingerprint density at radius 2 is 1.65 bits per heavy atom. The summed E-state index contributed by atoms with van der Waals surface area (Å²) < 4.78 is 0. The van der Waals surface area contributed by atoms with Crippen molar-refractivity contribution in [3.8, 4) is 0 Å². The standard InChI is InChI=1S/C16H29N/c1-3-4-5-6-7-8-9-10-12-16-13-11-14-17(2)15-16/h11,13-14H,3-10,12,15H2,1-2H3. The molecule has 0 aromatic rings. The molecule has 0 radical (unpaired) electrons. The fourth-order valence-electron chi connectivity index (χ4n) is 2.40. The average molecular weight is 235 g/mol. The molecule has 1 heterocycles. The van der Waals surface area contributed by atoms with E-state index in [1.54, 1.807) is 5.57 Å². The van der Waals surface area contributed by atoms with Crippen molar-refractivity contribution in [3.63, 3.8) is 0 Å². The van der Waals surface area contributed by atoms with Gasteiger partial charge >= 0.3 is 0 Å². The Bertz CT molecular complexity index is 240. The van der Waals surface area contributed by atoms with Crippen LogP contribution in [-0.2, 0) is 0 Å². The van der Waals surface area contributed by atoms with Gasteiger partial charge in [-0.3, -0.25) is 0 Å². The normalized spacial score (nSPS) is 15.2. The molecular weight excluding hydrogens is 206 g/mol. The van der Waals surface area contributed by atoms with Crippen LogP contribution in [0.5, 0.6) is 0 Å². The Morgan fingerprint density at radius 3 is 2.29 bits per heavy atom. The van der Waals surface area contributed by atoms with Crippen molar-refractivity contribution >= 4 is 0 Å². The predicted molar refractivity (Wildman–Crippen MR) is 77.1 cm³/mol. The second kappa shape index (κ2) is 9.32. The quantitative estimate of drug-likeness (QED) is 0.514. The maximum absolute atomic E-state index is 2.29. The summed E-state index contributed by atoms with van der Waals surface area (Å²) in [6.45, 7) is 3.41. The minimum atomic E-state index is 1.13. The van der Waals surface area contributed by atoms with E-state index in [1.165, 1.54) is 57.8 Å². The molecule has 1 nitrogen and oxygen atoms in total. The molecule has 0 aromatic carbocycles. The highest BCUT2D eigenvalue weighted by atomic mass is 15.1. The number of hydrogen-bond donors (Lipinski definition) is 0. The summed E-state index contributed by atoms with van der Waals surface area (Å²) in [5, 5.41) is 0. The van der Waals surface area contributed by atoms with Gasteiger partial charge in [-0.25, -0.2) is 0 Å². The number of likely N-dealkylation sites (N-methyl/N-ethyl adjacent to an activating group) is 1. The molecule has 0 saturated carbocycles. The van der Waals surface area contributed by atoms with Crippen LogP contribution in [0.25, 0.3) is 0 Å². The zero-order valence-corrected chi connectivity index (χ0v) is 11.8. The van der Waals surface area contributed by atoms with Crippen molar-refractivity contribution in [2.75, 3.05) is 13.6 Å². The van der Waals surface area contributed by atoms with E-state index < -0.39 is 0 Å². The zero-order chi connectivity index (χ0) is 12.3. The lowest BCUT2D eigenvalue weighted by Gasteiger charge is -2.19. The van der Waals surface area contributed by atoms with E-state index in [1.807, 2.05) is 0 Å². The molecular formula is C16H29N. The molecule has 98 valence electrons. The number of hydrogen-bond acceptors (Lipinski definition) is 1. The summed E-state index contributed by atoms with van der Waals surface area (Å²) in [5.41, 5.74) is 1.60. The van der Waals surface area contributed by atoms with Crippen LogP contribution in [0.1, 0.15) is 64.7 Å². The van der Waals surface area contributed by atoms with Crippen molar-refractivity contribution in [2.45, 2.75) is 64.7 Å². The van der Waals surface area contributed by atoms with Crippen LogP contribution in [0, 0.1) is 0 Å². The largest absolute Gasteiger partial charge is 0.376 e. The summed E-state index contributed by atoms with van der Waals surface area (Å²) >= 11 is 0. The van der Waals surface area contributed by atoms with Crippen molar-refractivity contribution < 1.29 is 0 Å². The lowest BCUT2D eigenvalue weighted by Crippen LogP contribution is -2.16. The summed E-state index contributed by atoms with van der Waals surface area (Å²) in [6, 6.07) is 0. The van der Waals surface area contributed by atoms with Gasteiger partial charge in [-0.15, -0.1) is 0 Å². The predicted octanol–water partition coefficient (Wildman–Crippen LogP) is 4.90. The van der Waals surface area contributed by atoms with E-state index >= 15 is 0 Å². The molecule has 1 aliphatic heterocycles. The number of nitrogens with zero attached hydrogens (tertiary/aromatic N) is 1. The van der Waals surface area contributed by atoms with Gasteiger partial charge in [0.05, 0.1) is 0 Å². The Labute approximate surface area is 108 Å². The smallest absolute Gasteiger partial charge is 0.0383 e. The maximum Gasteiger partial charge on any atom is 0.0383 e. The first kappa shape index (κ1) is 14.3. The first-order valence-electron chi connectivity index (χ1n) is 7.39. The van der Waals surface area contributed by atoms with Gasteiger partial charge in [-0.1, -0.05) is 63.5 Å². The Balaban J connectivity index is 1.90. The van der Waals surface area contributed by atoms with E-state index in [2.05, 4.69) is 37.2 Å². The zero-order valence-electron chi connectivity index (χ0n) is 11.8. The van der Waals surface area contributed by atoms with Crippen LogP contribution < -0.4 is 0 Å². The lowest BCUT2D eigenvalue weighted by molar-refractivity contribution is 0.477. The molecule has 0 fully saturated rings. The van der Waals surface area contributed by atoms with Crippen LogP contribution in [0.3, 0.4) is 0 Å². The summed E-state index contributed by atoms with van der Waals surface area (Å²) in [5.74, 6) is 0. The highest BCUT2D eigenvalue weighted by Gasteiger charge is 2.02. The van der Waals surface area contributed by atoms with Crippen molar-refractivity contribution in [3.05, 3.63) is 23.9 Å². The van der Waals surface area contributed by atoms with Crippen LogP contribution in [-0.4, -0.2) is 18.5 Å². The molecule has 1 heteroatoms. The van der Waals surface area contributed by atoms with E-state index in [4.69, 9.17) is 0 Å². The van der Waals surface area contributed by atoms with E-state index in [0.717, 1.165) is 6.54 Å². The molecule has 17 heavy (non-hydrogen) atoms. The number of rotatable bonds is 9. The Hall–Kier alpha value is -0.720. The molecule has 1 rings (SSSR count). The van der Waals surface area contributed by atoms with Gasteiger partial charge in [0.15, 0.2) is 0 Å². The van der Waals surface area contributed by atoms with Crippen LogP contribution in [0.4, 0.5) is 0 Å². The Kier molecular flexibility index (Phi) is 7.87. The topological polar surface area (TPSA) is 3.24 Å². The molecule has 0 unspecified atom stereocenters.